The van der Waals surface area contributed by atoms with Gasteiger partial charge in [0.2, 0.25) is 0 Å². The molecule has 0 spiro atoms. The molecular weight excluding hydrogens is 165 g/mol. The van der Waals surface area contributed by atoms with E-state index in [0.717, 1.165) is 0 Å². The quantitative estimate of drug-likeness (QED) is 0.619. The molecule has 68 valence electrons. The van der Waals surface area contributed by atoms with E-state index in [-0.39, 0.29) is 6.10 Å². The first-order valence-electron chi connectivity index (χ1n) is 3.44. The van der Waals surface area contributed by atoms with Crippen molar-refractivity contribution in [3.05, 3.63) is 0 Å². The highest BCUT2D eigenvalue weighted by molar-refractivity contribution is 7.51. The minimum Gasteiger partial charge on any atom is -0.300 e. The van der Waals surface area contributed by atoms with Gasteiger partial charge in [-0.1, -0.05) is 0 Å². The van der Waals surface area contributed by atoms with E-state index >= 15 is 0 Å². The second kappa shape index (κ2) is 4.21. The molecule has 11 heavy (non-hydrogen) atoms. The third kappa shape index (κ3) is 3.34. The molecule has 0 heterocycles. The standard InChI is InChI=1S/C6H16NO3P/c1-6(2)10-11(8,9-5)7(3)4/h6H,1-5H3. The summed E-state index contributed by atoms with van der Waals surface area (Å²) < 4.78 is 22.9. The highest BCUT2D eigenvalue weighted by Gasteiger charge is 2.27. The molecule has 0 amide bonds. The van der Waals surface area contributed by atoms with Gasteiger partial charge in [0.05, 0.1) is 6.10 Å². The summed E-state index contributed by atoms with van der Waals surface area (Å²) in [6.45, 7) is 3.63. The van der Waals surface area contributed by atoms with Gasteiger partial charge in [-0.05, 0) is 27.9 Å². The first-order chi connectivity index (χ1) is 4.92. The van der Waals surface area contributed by atoms with Crippen LogP contribution in [0.4, 0.5) is 0 Å². The van der Waals surface area contributed by atoms with Crippen LogP contribution in [0.5, 0.6) is 0 Å². The summed E-state index contributed by atoms with van der Waals surface area (Å²) in [5, 5.41) is 0. The van der Waals surface area contributed by atoms with Crippen LogP contribution >= 0.6 is 7.75 Å². The summed E-state index contributed by atoms with van der Waals surface area (Å²) in [5.41, 5.74) is 0. The second-order valence-corrected chi connectivity index (χ2v) is 4.97. The van der Waals surface area contributed by atoms with Crippen molar-refractivity contribution in [1.29, 1.82) is 0 Å². The van der Waals surface area contributed by atoms with Crippen molar-refractivity contribution in [2.24, 2.45) is 0 Å². The van der Waals surface area contributed by atoms with E-state index in [1.165, 1.54) is 11.8 Å². The van der Waals surface area contributed by atoms with Crippen molar-refractivity contribution in [2.75, 3.05) is 21.2 Å². The molecule has 0 fully saturated rings. The van der Waals surface area contributed by atoms with E-state index in [1.54, 1.807) is 14.1 Å². The van der Waals surface area contributed by atoms with E-state index < -0.39 is 7.75 Å². The third-order valence-electron chi connectivity index (χ3n) is 1.06. The second-order valence-electron chi connectivity index (χ2n) is 2.65. The van der Waals surface area contributed by atoms with E-state index in [4.69, 9.17) is 9.05 Å². The largest absolute Gasteiger partial charge is 0.407 e. The van der Waals surface area contributed by atoms with Gasteiger partial charge in [-0.2, -0.15) is 0 Å². The van der Waals surface area contributed by atoms with E-state index in [9.17, 15) is 4.57 Å². The Morgan fingerprint density at radius 3 is 1.91 bits per heavy atom. The highest BCUT2D eigenvalue weighted by atomic mass is 31.2. The van der Waals surface area contributed by atoms with Gasteiger partial charge in [-0.25, -0.2) is 9.24 Å². The summed E-state index contributed by atoms with van der Waals surface area (Å²) in [7, 11) is 1.70. The summed E-state index contributed by atoms with van der Waals surface area (Å²) >= 11 is 0. The van der Waals surface area contributed by atoms with Gasteiger partial charge in [0.1, 0.15) is 0 Å². The van der Waals surface area contributed by atoms with Gasteiger partial charge in [0, 0.05) is 7.11 Å². The van der Waals surface area contributed by atoms with Crippen molar-refractivity contribution in [3.8, 4) is 0 Å². The zero-order chi connectivity index (χ0) is 9.07. The lowest BCUT2D eigenvalue weighted by atomic mass is 10.5. The predicted molar refractivity (Wildman–Crippen MR) is 44.5 cm³/mol. The maximum atomic E-state index is 11.6. The average molecular weight is 181 g/mol. The molecule has 0 radical (unpaired) electrons. The Hall–Kier alpha value is 0.110. The van der Waals surface area contributed by atoms with Crippen molar-refractivity contribution in [2.45, 2.75) is 20.0 Å². The molecule has 1 atom stereocenters. The molecule has 0 aliphatic carbocycles. The van der Waals surface area contributed by atoms with Crippen LogP contribution in [0.3, 0.4) is 0 Å². The Kier molecular flexibility index (Phi) is 4.26. The van der Waals surface area contributed by atoms with Crippen molar-refractivity contribution >= 4 is 7.75 Å². The summed E-state index contributed by atoms with van der Waals surface area (Å²) in [5.74, 6) is 0. The molecule has 0 aromatic carbocycles. The zero-order valence-electron chi connectivity index (χ0n) is 7.70. The fourth-order valence-electron chi connectivity index (χ4n) is 0.567. The minimum atomic E-state index is -2.99. The van der Waals surface area contributed by atoms with Crippen LogP contribution < -0.4 is 0 Å². The van der Waals surface area contributed by atoms with Crippen molar-refractivity contribution < 1.29 is 13.6 Å². The van der Waals surface area contributed by atoms with Crippen LogP contribution in [0.1, 0.15) is 13.8 Å². The molecule has 0 saturated carbocycles. The molecule has 0 N–H and O–H groups in total. The fourth-order valence-corrected chi connectivity index (χ4v) is 1.70. The summed E-state index contributed by atoms with van der Waals surface area (Å²) in [6, 6.07) is 0. The maximum absolute atomic E-state index is 11.6. The molecular formula is C6H16NO3P. The number of hydrogen-bond donors (Lipinski definition) is 0. The molecule has 0 aromatic heterocycles. The molecule has 0 aliphatic heterocycles. The molecule has 5 heteroatoms. The van der Waals surface area contributed by atoms with Crippen LogP contribution in [0.15, 0.2) is 0 Å². The number of nitrogens with zero attached hydrogens (tertiary/aromatic N) is 1. The maximum Gasteiger partial charge on any atom is 0.407 e. The van der Waals surface area contributed by atoms with Crippen LogP contribution in [-0.2, 0) is 13.6 Å². The van der Waals surface area contributed by atoms with Crippen LogP contribution in [0, 0.1) is 0 Å². The van der Waals surface area contributed by atoms with Crippen LogP contribution in [0.25, 0.3) is 0 Å². The van der Waals surface area contributed by atoms with E-state index in [1.807, 2.05) is 13.8 Å². The number of hydrogen-bond acceptors (Lipinski definition) is 3. The molecule has 1 unspecified atom stereocenters. The first-order valence-corrected chi connectivity index (χ1v) is 4.94. The summed E-state index contributed by atoms with van der Waals surface area (Å²) in [4.78, 5) is 0. The molecule has 0 saturated heterocycles. The predicted octanol–water partition coefficient (Wildman–Crippen LogP) is 1.73. The van der Waals surface area contributed by atoms with Crippen LogP contribution in [-0.4, -0.2) is 32.0 Å². The number of rotatable bonds is 4. The SMILES string of the molecule is COP(=O)(OC(C)C)N(C)C. The monoisotopic (exact) mass is 181 g/mol. The lowest BCUT2D eigenvalue weighted by Crippen LogP contribution is -2.15. The molecule has 0 rings (SSSR count). The molecule has 0 bridgehead atoms. The Morgan fingerprint density at radius 1 is 1.36 bits per heavy atom. The van der Waals surface area contributed by atoms with Gasteiger partial charge in [0.25, 0.3) is 0 Å². The minimum absolute atomic E-state index is 0.0943. The van der Waals surface area contributed by atoms with Gasteiger partial charge >= 0.3 is 7.75 Å². The topological polar surface area (TPSA) is 38.8 Å². The van der Waals surface area contributed by atoms with Gasteiger partial charge in [-0.15, -0.1) is 0 Å². The summed E-state index contributed by atoms with van der Waals surface area (Å²) in [6.07, 6.45) is -0.0943. The third-order valence-corrected chi connectivity index (χ3v) is 3.19. The highest BCUT2D eigenvalue weighted by Crippen LogP contribution is 2.49. The van der Waals surface area contributed by atoms with E-state index in [0.29, 0.717) is 0 Å². The van der Waals surface area contributed by atoms with Crippen molar-refractivity contribution in [3.63, 3.8) is 0 Å². The fraction of sp³-hybridized carbons (Fsp3) is 1.00. The Morgan fingerprint density at radius 2 is 1.82 bits per heavy atom. The van der Waals surface area contributed by atoms with Crippen molar-refractivity contribution in [1.82, 2.24) is 4.67 Å². The lowest BCUT2D eigenvalue weighted by molar-refractivity contribution is 0.158. The first kappa shape index (κ1) is 11.1. The Labute approximate surface area is 68.1 Å². The molecule has 0 aliphatic rings. The van der Waals surface area contributed by atoms with E-state index in [2.05, 4.69) is 0 Å². The normalized spacial score (nSPS) is 17.4. The van der Waals surface area contributed by atoms with Gasteiger partial charge in [-0.3, -0.25) is 9.05 Å². The Bertz CT molecular complexity index is 158. The Balaban J connectivity index is 4.24. The van der Waals surface area contributed by atoms with Gasteiger partial charge < -0.3 is 0 Å². The lowest BCUT2D eigenvalue weighted by Gasteiger charge is -2.23. The molecule has 4 nitrogen and oxygen atoms in total. The smallest absolute Gasteiger partial charge is 0.300 e. The zero-order valence-corrected chi connectivity index (χ0v) is 8.59. The van der Waals surface area contributed by atoms with Gasteiger partial charge in [0.15, 0.2) is 0 Å². The molecule has 0 aromatic rings. The van der Waals surface area contributed by atoms with Crippen LogP contribution in [0.2, 0.25) is 0 Å². The average Bonchev–Trinajstić information content (AvgIpc) is 1.86.